The molecule has 1 aromatic carbocycles. The largest absolute Gasteiger partial charge is 0.357 e. The molecule has 0 spiro atoms. The van der Waals surface area contributed by atoms with Crippen LogP contribution in [0.1, 0.15) is 26.3 Å². The second-order valence-electron chi connectivity index (χ2n) is 6.06. The molecule has 146 valence electrons. The van der Waals surface area contributed by atoms with Gasteiger partial charge in [-0.2, -0.15) is 0 Å². The molecule has 2 rings (SSSR count). The highest BCUT2D eigenvalue weighted by Crippen LogP contribution is 2.17. The lowest BCUT2D eigenvalue weighted by molar-refractivity contribution is -0.120. The minimum atomic E-state index is -3.89. The molecule has 0 saturated heterocycles. The zero-order valence-corrected chi connectivity index (χ0v) is 16.5. The first-order chi connectivity index (χ1) is 12.8. The van der Waals surface area contributed by atoms with Crippen molar-refractivity contribution in [3.8, 4) is 0 Å². The number of aromatic nitrogens is 1. The van der Waals surface area contributed by atoms with E-state index in [9.17, 15) is 17.6 Å². The van der Waals surface area contributed by atoms with Crippen LogP contribution >= 0.6 is 0 Å². The van der Waals surface area contributed by atoms with Crippen LogP contribution in [0.25, 0.3) is 0 Å². The average Bonchev–Trinajstić information content (AvgIpc) is 2.67. The summed E-state index contributed by atoms with van der Waals surface area (Å²) < 4.78 is 37.9. The van der Waals surface area contributed by atoms with Crippen molar-refractivity contribution in [1.82, 2.24) is 10.3 Å². The molecule has 8 heteroatoms. The van der Waals surface area contributed by atoms with E-state index in [1.165, 1.54) is 6.92 Å². The molecule has 0 radical (unpaired) electrons. The number of nitrogens with one attached hydrogen (secondary N) is 1. The van der Waals surface area contributed by atoms with E-state index in [1.54, 1.807) is 6.20 Å². The highest BCUT2D eigenvalue weighted by Gasteiger charge is 2.29. The monoisotopic (exact) mass is 393 g/mol. The summed E-state index contributed by atoms with van der Waals surface area (Å²) in [6.07, 6.45) is 1.66. The molecule has 1 amide bonds. The number of nitrogens with zero attached hydrogens (tertiary/aromatic N) is 2. The fourth-order valence-electron chi connectivity index (χ4n) is 2.56. The molecule has 0 aliphatic rings. The van der Waals surface area contributed by atoms with Gasteiger partial charge >= 0.3 is 0 Å². The maximum absolute atomic E-state index is 13.0. The van der Waals surface area contributed by atoms with E-state index in [2.05, 4.69) is 15.2 Å². The van der Waals surface area contributed by atoms with Crippen molar-refractivity contribution >= 4 is 21.6 Å². The van der Waals surface area contributed by atoms with Gasteiger partial charge in [-0.15, -0.1) is 0 Å². The Morgan fingerprint density at radius 2 is 1.78 bits per heavy atom. The molecule has 1 aromatic heterocycles. The van der Waals surface area contributed by atoms with E-state index < -0.39 is 26.8 Å². The molecule has 1 N–H and O–H groups in total. The standard InChI is InChI=1S/C19H24FN3O3S/c1-4-23(5-2)18-11-6-15(12-21-18)13-22-19(24)14(3)27(25,26)17-9-7-16(20)8-10-17/h6-12,14H,4-5,13H2,1-3H3,(H,22,24). The van der Waals surface area contributed by atoms with Crippen LogP contribution < -0.4 is 10.2 Å². The van der Waals surface area contributed by atoms with Crippen LogP contribution in [-0.4, -0.2) is 37.6 Å². The van der Waals surface area contributed by atoms with Crippen LogP contribution in [0.3, 0.4) is 0 Å². The summed E-state index contributed by atoms with van der Waals surface area (Å²) >= 11 is 0. The Balaban J connectivity index is 2.01. The zero-order chi connectivity index (χ0) is 20.0. The van der Waals surface area contributed by atoms with E-state index in [0.29, 0.717) is 0 Å². The number of pyridine rings is 1. The summed E-state index contributed by atoms with van der Waals surface area (Å²) in [6.45, 7) is 7.27. The second kappa shape index (κ2) is 8.94. The molecular formula is C19H24FN3O3S. The van der Waals surface area contributed by atoms with E-state index >= 15 is 0 Å². The molecule has 0 bridgehead atoms. The smallest absolute Gasteiger partial charge is 0.238 e. The maximum atomic E-state index is 13.0. The average molecular weight is 393 g/mol. The molecule has 0 saturated carbocycles. The zero-order valence-electron chi connectivity index (χ0n) is 15.6. The van der Waals surface area contributed by atoms with Crippen LogP contribution in [-0.2, 0) is 21.2 Å². The number of hydrogen-bond donors (Lipinski definition) is 1. The molecule has 1 unspecified atom stereocenters. The minimum Gasteiger partial charge on any atom is -0.357 e. The van der Waals surface area contributed by atoms with Gasteiger partial charge in [0.15, 0.2) is 9.84 Å². The third kappa shape index (κ3) is 5.03. The number of rotatable bonds is 8. The van der Waals surface area contributed by atoms with Crippen LogP contribution in [0.4, 0.5) is 10.2 Å². The molecule has 0 aliphatic carbocycles. The van der Waals surface area contributed by atoms with E-state index in [0.717, 1.165) is 48.7 Å². The molecule has 2 aromatic rings. The Morgan fingerprint density at radius 3 is 2.30 bits per heavy atom. The highest BCUT2D eigenvalue weighted by molar-refractivity contribution is 7.92. The summed E-state index contributed by atoms with van der Waals surface area (Å²) in [4.78, 5) is 18.7. The second-order valence-corrected chi connectivity index (χ2v) is 8.32. The van der Waals surface area contributed by atoms with Gasteiger partial charge in [-0.1, -0.05) is 6.07 Å². The first-order valence-corrected chi connectivity index (χ1v) is 10.3. The number of carbonyl (C=O) groups excluding carboxylic acids is 1. The molecule has 27 heavy (non-hydrogen) atoms. The van der Waals surface area contributed by atoms with Crippen molar-refractivity contribution < 1.29 is 17.6 Å². The van der Waals surface area contributed by atoms with Crippen molar-refractivity contribution in [2.24, 2.45) is 0 Å². The van der Waals surface area contributed by atoms with Crippen LogP contribution in [0.2, 0.25) is 0 Å². The maximum Gasteiger partial charge on any atom is 0.238 e. The lowest BCUT2D eigenvalue weighted by Gasteiger charge is -2.19. The normalized spacial score (nSPS) is 12.4. The number of carbonyl (C=O) groups is 1. The number of benzene rings is 1. The summed E-state index contributed by atoms with van der Waals surface area (Å²) in [7, 11) is -3.89. The van der Waals surface area contributed by atoms with Crippen molar-refractivity contribution in [3.63, 3.8) is 0 Å². The number of amides is 1. The van der Waals surface area contributed by atoms with Gasteiger partial charge in [-0.25, -0.2) is 17.8 Å². The third-order valence-corrected chi connectivity index (χ3v) is 6.41. The minimum absolute atomic E-state index is 0.0863. The number of anilines is 1. The van der Waals surface area contributed by atoms with Gasteiger partial charge in [0.2, 0.25) is 5.91 Å². The van der Waals surface area contributed by atoms with Crippen LogP contribution in [0.5, 0.6) is 0 Å². The quantitative estimate of drug-likeness (QED) is 0.697. The molecule has 1 atom stereocenters. The van der Waals surface area contributed by atoms with Crippen LogP contribution in [0.15, 0.2) is 47.5 Å². The summed E-state index contributed by atoms with van der Waals surface area (Å²) in [5.41, 5.74) is 0.769. The van der Waals surface area contributed by atoms with E-state index in [4.69, 9.17) is 0 Å². The SMILES string of the molecule is CCN(CC)c1ccc(CNC(=O)C(C)S(=O)(=O)c2ccc(F)cc2)cn1. The third-order valence-electron chi connectivity index (χ3n) is 4.34. The van der Waals surface area contributed by atoms with Crippen molar-refractivity contribution in [2.45, 2.75) is 37.5 Å². The van der Waals surface area contributed by atoms with Gasteiger partial charge in [-0.05, 0) is 56.7 Å². The van der Waals surface area contributed by atoms with E-state index in [-0.39, 0.29) is 11.4 Å². The number of hydrogen-bond acceptors (Lipinski definition) is 5. The van der Waals surface area contributed by atoms with Crippen molar-refractivity contribution in [3.05, 3.63) is 54.0 Å². The van der Waals surface area contributed by atoms with Crippen LogP contribution in [0, 0.1) is 5.82 Å². The van der Waals surface area contributed by atoms with Gasteiger partial charge in [0, 0.05) is 25.8 Å². The van der Waals surface area contributed by atoms with Gasteiger partial charge in [0.25, 0.3) is 0 Å². The topological polar surface area (TPSA) is 79.4 Å². The Kier molecular flexibility index (Phi) is 6.90. The molecule has 0 aliphatic heterocycles. The summed E-state index contributed by atoms with van der Waals surface area (Å²) in [6, 6.07) is 8.14. The Hall–Kier alpha value is -2.48. The Labute approximate surface area is 159 Å². The Morgan fingerprint density at radius 1 is 1.15 bits per heavy atom. The number of sulfone groups is 1. The highest BCUT2D eigenvalue weighted by atomic mass is 32.2. The van der Waals surface area contributed by atoms with Gasteiger partial charge in [0.1, 0.15) is 16.9 Å². The van der Waals surface area contributed by atoms with E-state index in [1.807, 2.05) is 26.0 Å². The first kappa shape index (κ1) is 20.8. The first-order valence-electron chi connectivity index (χ1n) is 8.76. The van der Waals surface area contributed by atoms with Gasteiger partial charge < -0.3 is 10.2 Å². The lowest BCUT2D eigenvalue weighted by atomic mass is 10.2. The van der Waals surface area contributed by atoms with Crippen molar-refractivity contribution in [1.29, 1.82) is 0 Å². The fourth-order valence-corrected chi connectivity index (χ4v) is 3.85. The van der Waals surface area contributed by atoms with Gasteiger partial charge in [-0.3, -0.25) is 4.79 Å². The molecule has 1 heterocycles. The summed E-state index contributed by atoms with van der Waals surface area (Å²) in [5, 5.41) is 1.33. The van der Waals surface area contributed by atoms with Gasteiger partial charge in [0.05, 0.1) is 4.90 Å². The fraction of sp³-hybridized carbons (Fsp3) is 0.368. The Bertz CT molecular complexity index is 864. The van der Waals surface area contributed by atoms with Crippen molar-refractivity contribution in [2.75, 3.05) is 18.0 Å². The molecule has 0 fully saturated rings. The number of halogens is 1. The predicted molar refractivity (Wildman–Crippen MR) is 103 cm³/mol. The predicted octanol–water partition coefficient (Wildman–Crippen LogP) is 2.55. The lowest BCUT2D eigenvalue weighted by Crippen LogP contribution is -2.37. The summed E-state index contributed by atoms with van der Waals surface area (Å²) in [5.74, 6) is -0.304. The molecular weight excluding hydrogens is 369 g/mol. The molecule has 6 nitrogen and oxygen atoms in total.